The fourth-order valence-electron chi connectivity index (χ4n) is 2.99. The van der Waals surface area contributed by atoms with Crippen LogP contribution in [0.3, 0.4) is 0 Å². The molecule has 0 unspecified atom stereocenters. The van der Waals surface area contributed by atoms with Crippen molar-refractivity contribution in [2.75, 3.05) is 0 Å². The Hall–Kier alpha value is -2.50. The Morgan fingerprint density at radius 2 is 1.68 bits per heavy atom. The lowest BCUT2D eigenvalue weighted by Crippen LogP contribution is -2.13. The van der Waals surface area contributed by atoms with Gasteiger partial charge in [0.2, 0.25) is 0 Å². The van der Waals surface area contributed by atoms with Crippen molar-refractivity contribution in [3.8, 4) is 11.5 Å². The molecule has 2 aromatic rings. The Bertz CT molecular complexity index is 842. The van der Waals surface area contributed by atoms with Gasteiger partial charge in [-0.2, -0.15) is 13.2 Å². The number of rotatable bonds is 7. The van der Waals surface area contributed by atoms with E-state index in [1.807, 2.05) is 19.9 Å². The van der Waals surface area contributed by atoms with Gasteiger partial charge in [-0.25, -0.2) is 0 Å². The van der Waals surface area contributed by atoms with Crippen LogP contribution in [0.2, 0.25) is 0 Å². The predicted octanol–water partition coefficient (Wildman–Crippen LogP) is 6.03. The van der Waals surface area contributed by atoms with Crippen molar-refractivity contribution in [3.63, 3.8) is 0 Å². The van der Waals surface area contributed by atoms with Crippen LogP contribution in [0.1, 0.15) is 55.0 Å². The Morgan fingerprint density at radius 3 is 2.25 bits per heavy atom. The fraction of sp³-hybridized carbons (Fsp3) is 0.409. The summed E-state index contributed by atoms with van der Waals surface area (Å²) in [6, 6.07) is 7.80. The van der Waals surface area contributed by atoms with Crippen LogP contribution in [0.5, 0.6) is 11.5 Å². The number of alkyl halides is 3. The number of esters is 1. The molecular formula is C22H25F3O3. The van der Waals surface area contributed by atoms with Gasteiger partial charge >= 0.3 is 12.1 Å². The zero-order valence-corrected chi connectivity index (χ0v) is 16.6. The van der Waals surface area contributed by atoms with E-state index in [2.05, 4.69) is 0 Å². The average molecular weight is 394 g/mol. The van der Waals surface area contributed by atoms with Crippen molar-refractivity contribution >= 4 is 5.97 Å². The third-order valence-corrected chi connectivity index (χ3v) is 4.62. The zero-order chi connectivity index (χ0) is 20.9. The highest BCUT2D eigenvalue weighted by molar-refractivity contribution is 5.72. The van der Waals surface area contributed by atoms with E-state index < -0.39 is 17.7 Å². The van der Waals surface area contributed by atoms with E-state index >= 15 is 0 Å². The lowest BCUT2D eigenvalue weighted by atomic mass is 10.0. The molecule has 0 atom stereocenters. The molecule has 0 aromatic heterocycles. The number of carbonyl (C=O) groups excluding carboxylic acids is 1. The predicted molar refractivity (Wildman–Crippen MR) is 102 cm³/mol. The molecule has 0 bridgehead atoms. The van der Waals surface area contributed by atoms with E-state index in [9.17, 15) is 18.0 Å². The molecule has 0 heterocycles. The summed E-state index contributed by atoms with van der Waals surface area (Å²) in [5, 5.41) is 0. The summed E-state index contributed by atoms with van der Waals surface area (Å²) in [5.41, 5.74) is 2.02. The number of ether oxygens (including phenoxy) is 2. The first-order valence-corrected chi connectivity index (χ1v) is 9.36. The molecule has 0 aliphatic rings. The maximum Gasteiger partial charge on any atom is 0.419 e. The highest BCUT2D eigenvalue weighted by Crippen LogP contribution is 2.39. The molecule has 0 N–H and O–H groups in total. The standard InChI is InChI=1S/C22H25F3O3/c1-5-15-9-8-10-19(28-21(26)7-3)17(15)13-27-20-11-14(4)16(6-2)12-18(20)22(23,24)25/h8-12H,5-7,13H2,1-4H3. The molecule has 0 amide bonds. The number of benzene rings is 2. The lowest BCUT2D eigenvalue weighted by molar-refractivity contribution is -0.139. The van der Waals surface area contributed by atoms with Crippen molar-refractivity contribution in [3.05, 3.63) is 58.1 Å². The lowest BCUT2D eigenvalue weighted by Gasteiger charge is -2.19. The van der Waals surface area contributed by atoms with Crippen LogP contribution in [0, 0.1) is 6.92 Å². The maximum absolute atomic E-state index is 13.5. The van der Waals surface area contributed by atoms with E-state index in [1.54, 1.807) is 26.0 Å². The molecule has 0 spiro atoms. The Balaban J connectivity index is 2.41. The summed E-state index contributed by atoms with van der Waals surface area (Å²) >= 11 is 0. The van der Waals surface area contributed by atoms with Crippen molar-refractivity contribution in [1.82, 2.24) is 0 Å². The van der Waals surface area contributed by atoms with Crippen molar-refractivity contribution < 1.29 is 27.4 Å². The van der Waals surface area contributed by atoms with Crippen LogP contribution in [0.4, 0.5) is 13.2 Å². The van der Waals surface area contributed by atoms with Gasteiger partial charge in [0.25, 0.3) is 0 Å². The Labute approximate surface area is 163 Å². The van der Waals surface area contributed by atoms with Gasteiger partial charge in [0.1, 0.15) is 18.1 Å². The molecule has 28 heavy (non-hydrogen) atoms. The normalized spacial score (nSPS) is 11.4. The second-order valence-electron chi connectivity index (χ2n) is 6.49. The minimum Gasteiger partial charge on any atom is -0.488 e. The number of hydrogen-bond acceptors (Lipinski definition) is 3. The van der Waals surface area contributed by atoms with Crippen LogP contribution < -0.4 is 9.47 Å². The molecule has 2 aromatic carbocycles. The smallest absolute Gasteiger partial charge is 0.419 e. The Morgan fingerprint density at radius 1 is 1.00 bits per heavy atom. The second-order valence-corrected chi connectivity index (χ2v) is 6.49. The van der Waals surface area contributed by atoms with Gasteiger partial charge in [0.15, 0.2) is 0 Å². The molecule has 3 nitrogen and oxygen atoms in total. The topological polar surface area (TPSA) is 35.5 Å². The SMILES string of the molecule is CCC(=O)Oc1cccc(CC)c1COc1cc(C)c(CC)cc1C(F)(F)F. The van der Waals surface area contributed by atoms with Crippen LogP contribution >= 0.6 is 0 Å². The first-order valence-electron chi connectivity index (χ1n) is 9.36. The molecule has 2 rings (SSSR count). The first-order chi connectivity index (χ1) is 13.2. The minimum atomic E-state index is -4.52. The van der Waals surface area contributed by atoms with Gasteiger partial charge in [-0.3, -0.25) is 4.79 Å². The fourth-order valence-corrected chi connectivity index (χ4v) is 2.99. The molecule has 152 valence electrons. The molecule has 0 radical (unpaired) electrons. The van der Waals surface area contributed by atoms with Crippen molar-refractivity contribution in [2.24, 2.45) is 0 Å². The summed E-state index contributed by atoms with van der Waals surface area (Å²) in [6.07, 6.45) is -3.18. The highest BCUT2D eigenvalue weighted by Gasteiger charge is 2.35. The monoisotopic (exact) mass is 394 g/mol. The first kappa shape index (κ1) is 21.8. The summed E-state index contributed by atoms with van der Waals surface area (Å²) in [6.45, 7) is 7.06. The van der Waals surface area contributed by atoms with Crippen LogP contribution in [0.15, 0.2) is 30.3 Å². The molecule has 0 aliphatic carbocycles. The van der Waals surface area contributed by atoms with E-state index in [4.69, 9.17) is 9.47 Å². The maximum atomic E-state index is 13.5. The van der Waals surface area contributed by atoms with Gasteiger partial charge < -0.3 is 9.47 Å². The Kier molecular flexibility index (Phi) is 7.11. The molecule has 0 saturated carbocycles. The number of hydrogen-bond donors (Lipinski definition) is 0. The molecular weight excluding hydrogens is 369 g/mol. The summed E-state index contributed by atoms with van der Waals surface area (Å²) < 4.78 is 51.5. The van der Waals surface area contributed by atoms with Crippen LogP contribution in [0.25, 0.3) is 0 Å². The van der Waals surface area contributed by atoms with Crippen molar-refractivity contribution in [2.45, 2.75) is 59.7 Å². The van der Waals surface area contributed by atoms with Crippen LogP contribution in [-0.2, 0) is 30.4 Å². The summed E-state index contributed by atoms with van der Waals surface area (Å²) in [5.74, 6) is -0.309. The molecule has 0 fully saturated rings. The van der Waals surface area contributed by atoms with Gasteiger partial charge in [-0.1, -0.05) is 32.9 Å². The van der Waals surface area contributed by atoms with Gasteiger partial charge in [0, 0.05) is 12.0 Å². The van der Waals surface area contributed by atoms with Crippen LogP contribution in [-0.4, -0.2) is 5.97 Å². The number of carbonyl (C=O) groups is 1. The zero-order valence-electron chi connectivity index (χ0n) is 16.6. The van der Waals surface area contributed by atoms with E-state index in [1.165, 1.54) is 6.07 Å². The third-order valence-electron chi connectivity index (χ3n) is 4.62. The van der Waals surface area contributed by atoms with Crippen molar-refractivity contribution in [1.29, 1.82) is 0 Å². The third kappa shape index (κ3) is 5.06. The summed E-state index contributed by atoms with van der Waals surface area (Å²) in [4.78, 5) is 11.7. The molecule has 0 aliphatic heterocycles. The average Bonchev–Trinajstić information content (AvgIpc) is 2.65. The number of aryl methyl sites for hydroxylation is 3. The van der Waals surface area contributed by atoms with E-state index in [0.29, 0.717) is 29.7 Å². The summed E-state index contributed by atoms with van der Waals surface area (Å²) in [7, 11) is 0. The van der Waals surface area contributed by atoms with Gasteiger partial charge in [-0.15, -0.1) is 0 Å². The second kappa shape index (κ2) is 9.13. The number of halogens is 3. The highest BCUT2D eigenvalue weighted by atomic mass is 19.4. The quantitative estimate of drug-likeness (QED) is 0.425. The van der Waals surface area contributed by atoms with E-state index in [0.717, 1.165) is 17.2 Å². The van der Waals surface area contributed by atoms with E-state index in [-0.39, 0.29) is 18.8 Å². The largest absolute Gasteiger partial charge is 0.488 e. The van der Waals surface area contributed by atoms with Gasteiger partial charge in [-0.05, 0) is 54.7 Å². The molecule has 6 heteroatoms. The minimum absolute atomic E-state index is 0.121. The van der Waals surface area contributed by atoms with Gasteiger partial charge in [0.05, 0.1) is 5.56 Å². The molecule has 0 saturated heterocycles.